The highest BCUT2D eigenvalue weighted by molar-refractivity contribution is 5.77. The average molecular weight is 439 g/mol. The molecule has 0 aliphatic heterocycles. The van der Waals surface area contributed by atoms with Crippen LogP contribution in [0.4, 0.5) is 10.1 Å². The van der Waals surface area contributed by atoms with Gasteiger partial charge in [0, 0.05) is 43.0 Å². The van der Waals surface area contributed by atoms with Gasteiger partial charge in [0.05, 0.1) is 12.2 Å². The van der Waals surface area contributed by atoms with Crippen LogP contribution in [0.15, 0.2) is 65.5 Å². The molecule has 7 nitrogen and oxygen atoms in total. The second kappa shape index (κ2) is 11.1. The molecule has 1 heterocycles. The fourth-order valence-electron chi connectivity index (χ4n) is 3.24. The molecule has 0 aliphatic rings. The van der Waals surface area contributed by atoms with Crippen molar-refractivity contribution in [1.29, 1.82) is 0 Å². The summed E-state index contributed by atoms with van der Waals surface area (Å²) in [5, 5.41) is 7.03. The summed E-state index contributed by atoms with van der Waals surface area (Å²) in [4.78, 5) is 26.4. The molecule has 3 aromatic rings. The van der Waals surface area contributed by atoms with Crippen molar-refractivity contribution in [2.75, 3.05) is 31.1 Å². The molecule has 0 bridgehead atoms. The van der Waals surface area contributed by atoms with Crippen LogP contribution >= 0.6 is 0 Å². The lowest BCUT2D eigenvalue weighted by molar-refractivity contribution is -0.123. The van der Waals surface area contributed by atoms with Crippen molar-refractivity contribution < 1.29 is 13.9 Å². The molecule has 32 heavy (non-hydrogen) atoms. The van der Waals surface area contributed by atoms with E-state index in [-0.39, 0.29) is 37.0 Å². The topological polar surface area (TPSA) is 76.5 Å². The Hall–Kier alpha value is -3.68. The number of aromatic nitrogens is 2. The number of halogens is 1. The number of carbonyl (C=O) groups is 1. The van der Waals surface area contributed by atoms with Crippen LogP contribution in [0.1, 0.15) is 13.8 Å². The smallest absolute Gasteiger partial charge is 0.266 e. The predicted molar refractivity (Wildman–Crippen MR) is 122 cm³/mol. The van der Waals surface area contributed by atoms with Gasteiger partial charge in [-0.2, -0.15) is 5.10 Å². The molecule has 1 aromatic heterocycles. The number of hydrogen-bond donors (Lipinski definition) is 1. The van der Waals surface area contributed by atoms with Crippen LogP contribution in [0.5, 0.6) is 5.75 Å². The Kier molecular flexibility index (Phi) is 7.96. The molecule has 0 aliphatic carbocycles. The molecule has 2 aromatic carbocycles. The van der Waals surface area contributed by atoms with Crippen LogP contribution < -0.4 is 20.5 Å². The molecule has 0 atom stereocenters. The lowest BCUT2D eigenvalue weighted by Crippen LogP contribution is -2.34. The minimum absolute atomic E-state index is 0.125. The van der Waals surface area contributed by atoms with E-state index in [1.54, 1.807) is 18.2 Å². The normalized spacial score (nSPS) is 10.6. The van der Waals surface area contributed by atoms with Crippen LogP contribution in [0.3, 0.4) is 0 Å². The molecule has 168 valence electrons. The molecule has 8 heteroatoms. The zero-order chi connectivity index (χ0) is 22.9. The second-order valence-corrected chi connectivity index (χ2v) is 7.10. The number of carbonyl (C=O) groups excluding carboxylic acids is 1. The van der Waals surface area contributed by atoms with Gasteiger partial charge in [-0.3, -0.25) is 9.59 Å². The average Bonchev–Trinajstić information content (AvgIpc) is 2.81. The molecule has 1 N–H and O–H groups in total. The monoisotopic (exact) mass is 438 g/mol. The summed E-state index contributed by atoms with van der Waals surface area (Å²) in [6, 6.07) is 16.5. The van der Waals surface area contributed by atoms with Crippen LogP contribution in [0.25, 0.3) is 11.3 Å². The van der Waals surface area contributed by atoms with Crippen LogP contribution in [0, 0.1) is 5.82 Å². The fourth-order valence-corrected chi connectivity index (χ4v) is 3.24. The van der Waals surface area contributed by atoms with Crippen molar-refractivity contribution in [2.24, 2.45) is 0 Å². The van der Waals surface area contributed by atoms with Crippen LogP contribution in [-0.4, -0.2) is 41.9 Å². The first-order valence-corrected chi connectivity index (χ1v) is 10.6. The maximum absolute atomic E-state index is 13.1. The summed E-state index contributed by atoms with van der Waals surface area (Å²) < 4.78 is 20.0. The second-order valence-electron chi connectivity index (χ2n) is 7.10. The Morgan fingerprint density at radius 3 is 2.56 bits per heavy atom. The van der Waals surface area contributed by atoms with E-state index in [9.17, 15) is 14.0 Å². The number of hydrogen-bond acceptors (Lipinski definition) is 5. The first kappa shape index (κ1) is 23.0. The maximum atomic E-state index is 13.1. The summed E-state index contributed by atoms with van der Waals surface area (Å²) >= 11 is 0. The summed E-state index contributed by atoms with van der Waals surface area (Å²) in [7, 11) is 0. The molecule has 0 saturated carbocycles. The van der Waals surface area contributed by atoms with Gasteiger partial charge in [-0.1, -0.05) is 6.07 Å². The first-order chi connectivity index (χ1) is 15.5. The van der Waals surface area contributed by atoms with Gasteiger partial charge in [0.2, 0.25) is 0 Å². The lowest BCUT2D eigenvalue weighted by Gasteiger charge is -2.21. The van der Waals surface area contributed by atoms with Gasteiger partial charge in [-0.05, 0) is 56.3 Å². The Bertz CT molecular complexity index is 1090. The van der Waals surface area contributed by atoms with Crippen molar-refractivity contribution in [3.05, 3.63) is 76.8 Å². The van der Waals surface area contributed by atoms with Crippen molar-refractivity contribution in [3.8, 4) is 17.0 Å². The van der Waals surface area contributed by atoms with Gasteiger partial charge in [-0.15, -0.1) is 0 Å². The van der Waals surface area contributed by atoms with E-state index in [0.29, 0.717) is 17.0 Å². The third-order valence-electron chi connectivity index (χ3n) is 4.97. The third kappa shape index (κ3) is 6.16. The summed E-state index contributed by atoms with van der Waals surface area (Å²) in [6.07, 6.45) is 0. The van der Waals surface area contributed by atoms with Gasteiger partial charge in [0.25, 0.3) is 11.5 Å². The Balaban J connectivity index is 1.52. The van der Waals surface area contributed by atoms with Crippen LogP contribution in [0.2, 0.25) is 0 Å². The SMILES string of the molecule is CCN(CC)c1cccc(OCC(=O)NCCn2nc(-c3ccc(F)cc3)ccc2=O)c1. The molecule has 0 saturated heterocycles. The Morgan fingerprint density at radius 2 is 1.84 bits per heavy atom. The molecular formula is C24H27FN4O3. The summed E-state index contributed by atoms with van der Waals surface area (Å²) in [5.74, 6) is -0.0119. The van der Waals surface area contributed by atoms with E-state index in [4.69, 9.17) is 4.74 Å². The molecule has 1 amide bonds. The number of nitrogens with one attached hydrogen (secondary N) is 1. The van der Waals surface area contributed by atoms with Crippen molar-refractivity contribution in [3.63, 3.8) is 0 Å². The molecule has 3 rings (SSSR count). The predicted octanol–water partition coefficient (Wildman–Crippen LogP) is 3.09. The van der Waals surface area contributed by atoms with Crippen molar-refractivity contribution in [1.82, 2.24) is 15.1 Å². The molecule has 0 radical (unpaired) electrons. The molecule has 0 fully saturated rings. The third-order valence-corrected chi connectivity index (χ3v) is 4.97. The van der Waals surface area contributed by atoms with Crippen molar-refractivity contribution in [2.45, 2.75) is 20.4 Å². The number of benzene rings is 2. The largest absolute Gasteiger partial charge is 0.484 e. The van der Waals surface area contributed by atoms with E-state index in [0.717, 1.165) is 18.8 Å². The van der Waals surface area contributed by atoms with Gasteiger partial charge in [0.1, 0.15) is 11.6 Å². The van der Waals surface area contributed by atoms with Gasteiger partial charge >= 0.3 is 0 Å². The highest BCUT2D eigenvalue weighted by atomic mass is 19.1. The Morgan fingerprint density at radius 1 is 1.09 bits per heavy atom. The highest BCUT2D eigenvalue weighted by Crippen LogP contribution is 2.21. The van der Waals surface area contributed by atoms with E-state index in [2.05, 4.69) is 29.2 Å². The minimum Gasteiger partial charge on any atom is -0.484 e. The van der Waals surface area contributed by atoms with Gasteiger partial charge in [0.15, 0.2) is 6.61 Å². The minimum atomic E-state index is -0.341. The highest BCUT2D eigenvalue weighted by Gasteiger charge is 2.07. The maximum Gasteiger partial charge on any atom is 0.266 e. The molecule has 0 spiro atoms. The fraction of sp³-hybridized carbons (Fsp3) is 0.292. The van der Waals surface area contributed by atoms with Crippen LogP contribution in [-0.2, 0) is 11.3 Å². The number of nitrogens with zero attached hydrogens (tertiary/aromatic N) is 3. The zero-order valence-electron chi connectivity index (χ0n) is 18.3. The van der Waals surface area contributed by atoms with Gasteiger partial charge < -0.3 is 15.0 Å². The summed E-state index contributed by atoms with van der Waals surface area (Å²) in [5.41, 5.74) is 2.01. The van der Waals surface area contributed by atoms with E-state index < -0.39 is 0 Å². The van der Waals surface area contributed by atoms with E-state index in [1.807, 2.05) is 24.3 Å². The summed E-state index contributed by atoms with van der Waals surface area (Å²) in [6.45, 7) is 6.24. The number of anilines is 1. The Labute approximate surface area is 186 Å². The standard InChI is InChI=1S/C24H27FN4O3/c1-3-28(4-2)20-6-5-7-21(16-20)32-17-23(30)26-14-15-29-24(31)13-12-22(27-29)18-8-10-19(25)11-9-18/h5-13,16H,3-4,14-15,17H2,1-2H3,(H,26,30). The quantitative estimate of drug-likeness (QED) is 0.527. The van der Waals surface area contributed by atoms with Gasteiger partial charge in [-0.25, -0.2) is 9.07 Å². The van der Waals surface area contributed by atoms with E-state index >= 15 is 0 Å². The zero-order valence-corrected chi connectivity index (χ0v) is 18.3. The first-order valence-electron chi connectivity index (χ1n) is 10.6. The molecule has 0 unspecified atom stereocenters. The van der Waals surface area contributed by atoms with Crippen molar-refractivity contribution >= 4 is 11.6 Å². The number of amides is 1. The molecular weight excluding hydrogens is 411 g/mol. The number of ether oxygens (including phenoxy) is 1. The lowest BCUT2D eigenvalue weighted by atomic mass is 10.1. The number of rotatable bonds is 10. The van der Waals surface area contributed by atoms with E-state index in [1.165, 1.54) is 22.9 Å².